The number of nitrogens with zero attached hydrogens (tertiary/aromatic N) is 2. The van der Waals surface area contributed by atoms with Crippen molar-refractivity contribution in [3.63, 3.8) is 0 Å². The van der Waals surface area contributed by atoms with Gasteiger partial charge in [-0.3, -0.25) is 19.6 Å². The van der Waals surface area contributed by atoms with Crippen LogP contribution in [0.4, 0.5) is 0 Å². The standard InChI is InChI=1S/C25H35N5O3/c1-5-18(2)21(16-29-22(17-33-4)24(31)28-14-9-8-13-26-3)30-25(32)23-20-11-7-6-10-19(20)12-15-27-23/h6-7,10-12,15-18,21,26H,5,8-9,13-14H2,1-4H3,(H,28,31)(H,30,32)/b22-17-,29-16+/t18-,21+/m0/s1. The molecular weight excluding hydrogens is 418 g/mol. The average Bonchev–Trinajstić information content (AvgIpc) is 2.84. The number of methoxy groups -OCH3 is 1. The van der Waals surface area contributed by atoms with Crippen molar-refractivity contribution in [3.05, 3.63) is 54.2 Å². The number of hydrogen-bond donors (Lipinski definition) is 3. The topological polar surface area (TPSA) is 105 Å². The molecule has 0 spiro atoms. The minimum atomic E-state index is -0.382. The predicted octanol–water partition coefficient (Wildman–Crippen LogP) is 3.05. The number of hydrogen-bond acceptors (Lipinski definition) is 6. The molecule has 8 nitrogen and oxygen atoms in total. The summed E-state index contributed by atoms with van der Waals surface area (Å²) in [6.07, 6.45) is 7.18. The average molecular weight is 454 g/mol. The van der Waals surface area contributed by atoms with Crippen molar-refractivity contribution in [3.8, 4) is 0 Å². The molecule has 2 amide bonds. The zero-order valence-corrected chi connectivity index (χ0v) is 19.9. The van der Waals surface area contributed by atoms with Gasteiger partial charge in [-0.25, -0.2) is 0 Å². The fraction of sp³-hybridized carbons (Fsp3) is 0.440. The third kappa shape index (κ3) is 7.98. The first-order chi connectivity index (χ1) is 16.0. The van der Waals surface area contributed by atoms with Crippen molar-refractivity contribution in [2.75, 3.05) is 27.2 Å². The zero-order chi connectivity index (χ0) is 24.1. The molecule has 0 fully saturated rings. The second-order valence-electron chi connectivity index (χ2n) is 7.85. The first-order valence-corrected chi connectivity index (χ1v) is 11.4. The number of carbonyl (C=O) groups excluding carboxylic acids is 2. The van der Waals surface area contributed by atoms with Gasteiger partial charge in [0.25, 0.3) is 11.8 Å². The molecule has 0 radical (unpaired) electrons. The van der Waals surface area contributed by atoms with E-state index in [4.69, 9.17) is 4.74 Å². The van der Waals surface area contributed by atoms with Gasteiger partial charge in [-0.1, -0.05) is 44.5 Å². The summed E-state index contributed by atoms with van der Waals surface area (Å²) in [7, 11) is 3.37. The van der Waals surface area contributed by atoms with Gasteiger partial charge in [-0.2, -0.15) is 0 Å². The number of aromatic nitrogens is 1. The molecule has 0 bridgehead atoms. The number of pyridine rings is 1. The summed E-state index contributed by atoms with van der Waals surface area (Å²) in [6.45, 7) is 5.51. The van der Waals surface area contributed by atoms with Gasteiger partial charge >= 0.3 is 0 Å². The third-order valence-corrected chi connectivity index (χ3v) is 5.42. The van der Waals surface area contributed by atoms with E-state index in [1.165, 1.54) is 13.4 Å². The lowest BCUT2D eigenvalue weighted by Gasteiger charge is -2.20. The molecule has 2 aromatic rings. The van der Waals surface area contributed by atoms with Crippen molar-refractivity contribution in [1.29, 1.82) is 0 Å². The Bertz CT molecular complexity index is 968. The number of carbonyl (C=O) groups is 2. The van der Waals surface area contributed by atoms with Gasteiger partial charge < -0.3 is 20.7 Å². The molecule has 1 heterocycles. The van der Waals surface area contributed by atoms with Gasteiger partial charge in [-0.05, 0) is 43.8 Å². The second-order valence-corrected chi connectivity index (χ2v) is 7.85. The van der Waals surface area contributed by atoms with Gasteiger partial charge in [0.1, 0.15) is 12.0 Å². The Morgan fingerprint density at radius 2 is 1.94 bits per heavy atom. The Morgan fingerprint density at radius 3 is 2.67 bits per heavy atom. The molecule has 178 valence electrons. The summed E-state index contributed by atoms with van der Waals surface area (Å²) in [5.74, 6) is -0.501. The van der Waals surface area contributed by atoms with E-state index in [-0.39, 0.29) is 29.5 Å². The number of ether oxygens (including phenoxy) is 1. The van der Waals surface area contributed by atoms with Crippen LogP contribution in [0.5, 0.6) is 0 Å². The number of benzene rings is 1. The lowest BCUT2D eigenvalue weighted by Crippen LogP contribution is -2.41. The molecule has 2 atom stereocenters. The SMILES string of the molecule is CC[C@H](C)[C@@H](/C=N/C(=C\OC)C(=O)NCCCCNC)NC(=O)c1nccc2ccccc12. The van der Waals surface area contributed by atoms with Crippen LogP contribution in [0.3, 0.4) is 0 Å². The number of aliphatic imine (C=N–C) groups is 1. The first kappa shape index (κ1) is 26.0. The van der Waals surface area contributed by atoms with Crippen molar-refractivity contribution in [2.24, 2.45) is 10.9 Å². The van der Waals surface area contributed by atoms with Crippen LogP contribution < -0.4 is 16.0 Å². The van der Waals surface area contributed by atoms with Crippen molar-refractivity contribution < 1.29 is 14.3 Å². The van der Waals surface area contributed by atoms with Crippen LogP contribution in [0.25, 0.3) is 10.8 Å². The number of fused-ring (bicyclic) bond motifs is 1. The van der Waals surface area contributed by atoms with Crippen LogP contribution in [0.2, 0.25) is 0 Å². The van der Waals surface area contributed by atoms with Gasteiger partial charge in [-0.15, -0.1) is 0 Å². The van der Waals surface area contributed by atoms with E-state index >= 15 is 0 Å². The Hall–Kier alpha value is -3.26. The Labute approximate surface area is 195 Å². The Kier molecular flexibility index (Phi) is 11.0. The van der Waals surface area contributed by atoms with E-state index in [1.54, 1.807) is 12.4 Å². The maximum atomic E-state index is 13.1. The monoisotopic (exact) mass is 453 g/mol. The highest BCUT2D eigenvalue weighted by molar-refractivity contribution is 6.06. The third-order valence-electron chi connectivity index (χ3n) is 5.42. The van der Waals surface area contributed by atoms with E-state index in [9.17, 15) is 9.59 Å². The minimum Gasteiger partial charge on any atom is -0.502 e. The lowest BCUT2D eigenvalue weighted by molar-refractivity contribution is -0.117. The van der Waals surface area contributed by atoms with Gasteiger partial charge in [0, 0.05) is 24.3 Å². The summed E-state index contributed by atoms with van der Waals surface area (Å²) in [5, 5.41) is 10.7. The molecule has 0 saturated heterocycles. The number of nitrogens with one attached hydrogen (secondary N) is 3. The van der Waals surface area contributed by atoms with E-state index in [1.807, 2.05) is 51.2 Å². The van der Waals surface area contributed by atoms with Gasteiger partial charge in [0.05, 0.1) is 13.2 Å². The quantitative estimate of drug-likeness (QED) is 0.187. The summed E-state index contributed by atoms with van der Waals surface area (Å²) < 4.78 is 5.04. The number of unbranched alkanes of at least 4 members (excludes halogenated alkanes) is 1. The van der Waals surface area contributed by atoms with Crippen molar-refractivity contribution in [1.82, 2.24) is 20.9 Å². The predicted molar refractivity (Wildman–Crippen MR) is 132 cm³/mol. The molecule has 0 aliphatic rings. The van der Waals surface area contributed by atoms with Crippen molar-refractivity contribution >= 4 is 28.8 Å². The smallest absolute Gasteiger partial charge is 0.273 e. The maximum absolute atomic E-state index is 13.1. The van der Waals surface area contributed by atoms with E-state index < -0.39 is 0 Å². The molecule has 0 aliphatic heterocycles. The van der Waals surface area contributed by atoms with E-state index in [2.05, 4.69) is 25.9 Å². The molecule has 1 aromatic heterocycles. The molecule has 1 aromatic carbocycles. The fourth-order valence-electron chi connectivity index (χ4n) is 3.23. The fourth-order valence-corrected chi connectivity index (χ4v) is 3.23. The summed E-state index contributed by atoms with van der Waals surface area (Å²) in [6, 6.07) is 9.12. The number of amides is 2. The largest absolute Gasteiger partial charge is 0.502 e. The van der Waals surface area contributed by atoms with Crippen LogP contribution in [0.15, 0.2) is 53.5 Å². The zero-order valence-electron chi connectivity index (χ0n) is 19.9. The Morgan fingerprint density at radius 1 is 1.18 bits per heavy atom. The van der Waals surface area contributed by atoms with Crippen molar-refractivity contribution in [2.45, 2.75) is 39.2 Å². The normalized spacial score (nSPS) is 13.6. The van der Waals surface area contributed by atoms with E-state index in [0.717, 1.165) is 36.6 Å². The molecule has 2 rings (SSSR count). The highest BCUT2D eigenvalue weighted by Crippen LogP contribution is 2.17. The summed E-state index contributed by atoms with van der Waals surface area (Å²) >= 11 is 0. The molecule has 33 heavy (non-hydrogen) atoms. The molecule has 8 heteroatoms. The highest BCUT2D eigenvalue weighted by atomic mass is 16.5. The van der Waals surface area contributed by atoms with Gasteiger partial charge in [0.2, 0.25) is 0 Å². The molecule has 0 saturated carbocycles. The summed E-state index contributed by atoms with van der Waals surface area (Å²) in [5.41, 5.74) is 0.513. The second kappa shape index (κ2) is 14.0. The Balaban J connectivity index is 2.13. The first-order valence-electron chi connectivity index (χ1n) is 11.4. The molecule has 3 N–H and O–H groups in total. The van der Waals surface area contributed by atoms with Crippen LogP contribution in [0, 0.1) is 5.92 Å². The van der Waals surface area contributed by atoms with Gasteiger partial charge in [0.15, 0.2) is 5.70 Å². The molecular formula is C25H35N5O3. The summed E-state index contributed by atoms with van der Waals surface area (Å²) in [4.78, 5) is 34.2. The number of rotatable bonds is 13. The van der Waals surface area contributed by atoms with Crippen LogP contribution >= 0.6 is 0 Å². The van der Waals surface area contributed by atoms with Crippen LogP contribution in [0.1, 0.15) is 43.6 Å². The molecule has 0 aliphatic carbocycles. The minimum absolute atomic E-state index is 0.0982. The van der Waals surface area contributed by atoms with E-state index in [0.29, 0.717) is 12.2 Å². The molecule has 0 unspecified atom stereocenters. The lowest BCUT2D eigenvalue weighted by atomic mass is 9.99. The van der Waals surface area contributed by atoms with Crippen LogP contribution in [-0.2, 0) is 9.53 Å². The maximum Gasteiger partial charge on any atom is 0.273 e. The highest BCUT2D eigenvalue weighted by Gasteiger charge is 2.20. The van der Waals surface area contributed by atoms with Crippen LogP contribution in [-0.4, -0.2) is 56.3 Å².